The Labute approximate surface area is 191 Å². The number of morpholine rings is 1. The number of carbonyl (C=O) groups is 1. The Kier molecular flexibility index (Phi) is 5.84. The second-order valence-corrected chi connectivity index (χ2v) is 8.36. The predicted molar refractivity (Wildman–Crippen MR) is 125 cm³/mol. The smallest absolute Gasteiger partial charge is 0.254 e. The van der Waals surface area contributed by atoms with Gasteiger partial charge in [0.25, 0.3) is 5.91 Å². The van der Waals surface area contributed by atoms with Crippen LogP contribution >= 0.6 is 11.6 Å². The lowest BCUT2D eigenvalue weighted by Gasteiger charge is -2.32. The molecule has 1 aliphatic heterocycles. The molecule has 2 aromatic carbocycles. The summed E-state index contributed by atoms with van der Waals surface area (Å²) in [5.41, 5.74) is 4.62. The minimum atomic E-state index is -0.241. The Morgan fingerprint density at radius 3 is 2.81 bits per heavy atom. The van der Waals surface area contributed by atoms with Crippen molar-refractivity contribution >= 4 is 28.4 Å². The van der Waals surface area contributed by atoms with Crippen LogP contribution in [0.1, 0.15) is 33.3 Å². The van der Waals surface area contributed by atoms with E-state index in [0.717, 1.165) is 39.2 Å². The number of rotatable bonds is 4. The minimum Gasteiger partial charge on any atom is -0.368 e. The standard InChI is InChI=1S/C26H22ClN3O2/c27-22-5-1-3-18(14-22)13-19-6-8-24(29-16-19)25-17-30(11-12-32-25)26(31)21-7-9-23-20(15-21)4-2-10-28-23/h1-10,14-16,25H,11-13,17H2. The molecule has 1 saturated heterocycles. The second kappa shape index (κ2) is 9.07. The van der Waals surface area contributed by atoms with Crippen LogP contribution in [0.3, 0.4) is 0 Å². The molecule has 6 heteroatoms. The van der Waals surface area contributed by atoms with Crippen LogP contribution in [0.15, 0.2) is 79.1 Å². The summed E-state index contributed by atoms with van der Waals surface area (Å²) in [6.45, 7) is 1.52. The molecule has 0 bridgehead atoms. The van der Waals surface area contributed by atoms with E-state index in [1.165, 1.54) is 0 Å². The van der Waals surface area contributed by atoms with Crippen molar-refractivity contribution in [2.45, 2.75) is 12.5 Å². The van der Waals surface area contributed by atoms with Crippen LogP contribution in [0.5, 0.6) is 0 Å². The van der Waals surface area contributed by atoms with E-state index in [-0.39, 0.29) is 12.0 Å². The Morgan fingerprint density at radius 1 is 1.03 bits per heavy atom. The van der Waals surface area contributed by atoms with Gasteiger partial charge >= 0.3 is 0 Å². The maximum absolute atomic E-state index is 13.1. The van der Waals surface area contributed by atoms with E-state index in [1.807, 2.05) is 65.7 Å². The molecular formula is C26H22ClN3O2. The van der Waals surface area contributed by atoms with E-state index < -0.39 is 0 Å². The zero-order chi connectivity index (χ0) is 21.9. The van der Waals surface area contributed by atoms with E-state index in [0.29, 0.717) is 25.3 Å². The zero-order valence-corrected chi connectivity index (χ0v) is 18.2. The Bertz CT molecular complexity index is 1260. The molecule has 160 valence electrons. The molecular weight excluding hydrogens is 422 g/mol. The first-order valence-electron chi connectivity index (χ1n) is 10.6. The number of aromatic nitrogens is 2. The van der Waals surface area contributed by atoms with Crippen LogP contribution in [0.25, 0.3) is 10.9 Å². The highest BCUT2D eigenvalue weighted by Gasteiger charge is 2.27. The van der Waals surface area contributed by atoms with Gasteiger partial charge in [-0.1, -0.05) is 35.9 Å². The third kappa shape index (κ3) is 4.49. The molecule has 1 amide bonds. The first-order valence-corrected chi connectivity index (χ1v) is 11.0. The predicted octanol–water partition coefficient (Wildman–Crippen LogP) is 5.09. The first kappa shape index (κ1) is 20.6. The van der Waals surface area contributed by atoms with Gasteiger partial charge in [0.2, 0.25) is 0 Å². The fourth-order valence-corrected chi connectivity index (χ4v) is 4.23. The molecule has 5 rings (SSSR count). The molecule has 1 atom stereocenters. The topological polar surface area (TPSA) is 55.3 Å². The number of amides is 1. The molecule has 0 radical (unpaired) electrons. The SMILES string of the molecule is O=C(c1ccc2ncccc2c1)N1CCOC(c2ccc(Cc3cccc(Cl)c3)cn2)C1. The lowest BCUT2D eigenvalue weighted by molar-refractivity contribution is -0.0247. The fraction of sp³-hybridized carbons (Fsp3) is 0.192. The Morgan fingerprint density at radius 2 is 1.97 bits per heavy atom. The Balaban J connectivity index is 1.28. The van der Waals surface area contributed by atoms with Gasteiger partial charge < -0.3 is 9.64 Å². The molecule has 5 nitrogen and oxygen atoms in total. The van der Waals surface area contributed by atoms with Crippen molar-refractivity contribution in [3.05, 3.63) is 107 Å². The van der Waals surface area contributed by atoms with Crippen LogP contribution < -0.4 is 0 Å². The Hall–Kier alpha value is -3.28. The summed E-state index contributed by atoms with van der Waals surface area (Å²) in [5.74, 6) is 0.00151. The summed E-state index contributed by atoms with van der Waals surface area (Å²) in [6.07, 6.45) is 4.15. The van der Waals surface area contributed by atoms with Gasteiger partial charge in [-0.25, -0.2) is 0 Å². The van der Waals surface area contributed by atoms with Crippen molar-refractivity contribution in [1.82, 2.24) is 14.9 Å². The van der Waals surface area contributed by atoms with Crippen molar-refractivity contribution < 1.29 is 9.53 Å². The molecule has 1 aliphatic rings. The van der Waals surface area contributed by atoms with Crippen LogP contribution in [-0.4, -0.2) is 40.5 Å². The average Bonchev–Trinajstić information content (AvgIpc) is 2.84. The maximum Gasteiger partial charge on any atom is 0.254 e. The molecule has 0 spiro atoms. The quantitative estimate of drug-likeness (QED) is 0.441. The number of carbonyl (C=O) groups excluding carboxylic acids is 1. The zero-order valence-electron chi connectivity index (χ0n) is 17.4. The summed E-state index contributed by atoms with van der Waals surface area (Å²) in [7, 11) is 0. The average molecular weight is 444 g/mol. The lowest BCUT2D eigenvalue weighted by atomic mass is 10.1. The van der Waals surface area contributed by atoms with Gasteiger partial charge in [0.15, 0.2) is 0 Å². The summed E-state index contributed by atoms with van der Waals surface area (Å²) >= 11 is 6.08. The van der Waals surface area contributed by atoms with Crippen LogP contribution in [0.4, 0.5) is 0 Å². The van der Waals surface area contributed by atoms with E-state index >= 15 is 0 Å². The van der Waals surface area contributed by atoms with Crippen molar-refractivity contribution in [1.29, 1.82) is 0 Å². The van der Waals surface area contributed by atoms with E-state index in [2.05, 4.69) is 22.1 Å². The summed E-state index contributed by atoms with van der Waals surface area (Å²) in [5, 5.41) is 1.69. The largest absolute Gasteiger partial charge is 0.368 e. The summed E-state index contributed by atoms with van der Waals surface area (Å²) in [6, 6.07) is 21.4. The number of nitrogens with zero attached hydrogens (tertiary/aromatic N) is 3. The van der Waals surface area contributed by atoms with Crippen LogP contribution in [0.2, 0.25) is 5.02 Å². The highest BCUT2D eigenvalue weighted by Crippen LogP contribution is 2.24. The van der Waals surface area contributed by atoms with Crippen LogP contribution in [0, 0.1) is 0 Å². The highest BCUT2D eigenvalue weighted by atomic mass is 35.5. The fourth-order valence-electron chi connectivity index (χ4n) is 4.02. The van der Waals surface area contributed by atoms with Gasteiger partial charge in [0, 0.05) is 34.9 Å². The number of ether oxygens (including phenoxy) is 1. The monoisotopic (exact) mass is 443 g/mol. The van der Waals surface area contributed by atoms with Gasteiger partial charge in [0.1, 0.15) is 6.10 Å². The molecule has 1 fully saturated rings. The van der Waals surface area contributed by atoms with E-state index in [1.54, 1.807) is 6.20 Å². The van der Waals surface area contributed by atoms with Crippen molar-refractivity contribution in [2.75, 3.05) is 19.7 Å². The highest BCUT2D eigenvalue weighted by molar-refractivity contribution is 6.30. The molecule has 0 aliphatic carbocycles. The molecule has 32 heavy (non-hydrogen) atoms. The molecule has 0 N–H and O–H groups in total. The third-order valence-electron chi connectivity index (χ3n) is 5.68. The van der Waals surface area contributed by atoms with Gasteiger partial charge in [0.05, 0.1) is 24.4 Å². The first-order chi connectivity index (χ1) is 15.7. The van der Waals surface area contributed by atoms with Gasteiger partial charge in [-0.05, 0) is 60.0 Å². The number of pyridine rings is 2. The second-order valence-electron chi connectivity index (χ2n) is 7.92. The van der Waals surface area contributed by atoms with Gasteiger partial charge in [-0.15, -0.1) is 0 Å². The number of hydrogen-bond acceptors (Lipinski definition) is 4. The minimum absolute atomic E-state index is 0.00151. The van der Waals surface area contributed by atoms with Crippen LogP contribution in [-0.2, 0) is 11.2 Å². The normalized spacial score (nSPS) is 16.3. The van der Waals surface area contributed by atoms with Crippen molar-refractivity contribution in [2.24, 2.45) is 0 Å². The summed E-state index contributed by atoms with van der Waals surface area (Å²) < 4.78 is 5.94. The van der Waals surface area contributed by atoms with E-state index in [4.69, 9.17) is 16.3 Å². The molecule has 1 unspecified atom stereocenters. The third-order valence-corrected chi connectivity index (χ3v) is 5.91. The maximum atomic E-state index is 13.1. The number of halogens is 1. The molecule has 4 aromatic rings. The number of hydrogen-bond donors (Lipinski definition) is 0. The van der Waals surface area contributed by atoms with Crippen molar-refractivity contribution in [3.8, 4) is 0 Å². The van der Waals surface area contributed by atoms with E-state index in [9.17, 15) is 4.79 Å². The lowest BCUT2D eigenvalue weighted by Crippen LogP contribution is -2.42. The summed E-state index contributed by atoms with van der Waals surface area (Å²) in [4.78, 5) is 23.9. The molecule has 3 heterocycles. The molecule has 0 saturated carbocycles. The number of benzene rings is 2. The van der Waals surface area contributed by atoms with Gasteiger partial charge in [-0.3, -0.25) is 14.8 Å². The number of fused-ring (bicyclic) bond motifs is 1. The van der Waals surface area contributed by atoms with Crippen molar-refractivity contribution in [3.63, 3.8) is 0 Å². The van der Waals surface area contributed by atoms with Gasteiger partial charge in [-0.2, -0.15) is 0 Å². The molecule has 2 aromatic heterocycles.